The van der Waals surface area contributed by atoms with E-state index in [4.69, 9.17) is 39.5 Å². The molecule has 7 heteroatoms. The van der Waals surface area contributed by atoms with Crippen molar-refractivity contribution in [2.75, 3.05) is 13.2 Å². The summed E-state index contributed by atoms with van der Waals surface area (Å²) in [5, 5.41) is 4.56. The molecule has 0 aromatic carbocycles. The first-order valence-electron chi connectivity index (χ1n) is 6.12. The van der Waals surface area contributed by atoms with Crippen LogP contribution in [0.25, 0.3) is 0 Å². The Morgan fingerprint density at radius 1 is 1.50 bits per heavy atom. The fourth-order valence-corrected chi connectivity index (χ4v) is 2.14. The molecule has 4 nitrogen and oxygen atoms in total. The lowest BCUT2D eigenvalue weighted by molar-refractivity contribution is -0.697. The second-order valence-corrected chi connectivity index (χ2v) is 7.16. The Morgan fingerprint density at radius 2 is 2.17 bits per heavy atom. The molecule has 1 aliphatic rings. The third-order valence-electron chi connectivity index (χ3n) is 2.83. The highest BCUT2D eigenvalue weighted by Gasteiger charge is 2.38. The van der Waals surface area contributed by atoms with Gasteiger partial charge in [0.1, 0.15) is 12.6 Å². The molecule has 1 heterocycles. The lowest BCUT2D eigenvalue weighted by Crippen LogP contribution is -2.98. The van der Waals surface area contributed by atoms with Crippen molar-refractivity contribution in [2.24, 2.45) is 5.92 Å². The number of nitrogens with one attached hydrogen (secondary N) is 1. The number of halogens is 3. The van der Waals surface area contributed by atoms with E-state index in [0.29, 0.717) is 6.54 Å². The van der Waals surface area contributed by atoms with Crippen molar-refractivity contribution in [3.63, 3.8) is 0 Å². The first kappa shape index (κ1) is 16.3. The van der Waals surface area contributed by atoms with Gasteiger partial charge >= 0.3 is 0 Å². The van der Waals surface area contributed by atoms with Gasteiger partial charge in [0.05, 0.1) is 0 Å². The minimum Gasteiger partial charge on any atom is -0.372 e. The maximum Gasteiger partial charge on any atom is 0.262 e. The van der Waals surface area contributed by atoms with Crippen molar-refractivity contribution in [3.05, 3.63) is 0 Å². The Hall–Kier alpha value is 0.260. The zero-order valence-electron chi connectivity index (χ0n) is 10.6. The van der Waals surface area contributed by atoms with Crippen molar-refractivity contribution >= 4 is 40.7 Å². The lowest BCUT2D eigenvalue weighted by atomic mass is 10.2. The van der Waals surface area contributed by atoms with Crippen molar-refractivity contribution in [3.8, 4) is 0 Å². The molecule has 1 fully saturated rings. The van der Waals surface area contributed by atoms with Crippen LogP contribution in [0.1, 0.15) is 26.7 Å². The summed E-state index contributed by atoms with van der Waals surface area (Å²) in [7, 11) is 0. The van der Waals surface area contributed by atoms with Gasteiger partial charge in [-0.3, -0.25) is 4.79 Å². The fraction of sp³-hybridized carbons (Fsp3) is 0.909. The monoisotopic (exact) mass is 317 g/mol. The van der Waals surface area contributed by atoms with Gasteiger partial charge in [-0.2, -0.15) is 0 Å². The zero-order valence-corrected chi connectivity index (χ0v) is 12.9. The molecule has 0 spiro atoms. The van der Waals surface area contributed by atoms with Crippen LogP contribution in [0.4, 0.5) is 0 Å². The van der Waals surface area contributed by atoms with E-state index in [9.17, 15) is 4.79 Å². The molecule has 1 saturated heterocycles. The van der Waals surface area contributed by atoms with Crippen LogP contribution in [0.2, 0.25) is 0 Å². The van der Waals surface area contributed by atoms with Gasteiger partial charge in [-0.15, -0.1) is 0 Å². The molecule has 1 rings (SSSR count). The maximum absolute atomic E-state index is 11.7. The van der Waals surface area contributed by atoms with E-state index >= 15 is 0 Å². The van der Waals surface area contributed by atoms with Crippen LogP contribution in [-0.4, -0.2) is 35.1 Å². The summed E-state index contributed by atoms with van der Waals surface area (Å²) in [5.74, 6) is -0.272. The number of ether oxygens (including phenoxy) is 1. The highest BCUT2D eigenvalue weighted by molar-refractivity contribution is 6.68. The first-order chi connectivity index (χ1) is 8.30. The zero-order chi connectivity index (χ0) is 13.8. The van der Waals surface area contributed by atoms with E-state index < -0.39 is 9.96 Å². The highest BCUT2D eigenvalue weighted by atomic mass is 35.6. The van der Waals surface area contributed by atoms with Gasteiger partial charge in [0.2, 0.25) is 12.1 Å². The summed E-state index contributed by atoms with van der Waals surface area (Å²) in [6, 6.07) is 0. The number of carbonyl (C=O) groups is 1. The van der Waals surface area contributed by atoms with Gasteiger partial charge in [-0.05, 0) is 12.8 Å². The normalized spacial score (nSPS) is 22.2. The largest absolute Gasteiger partial charge is 0.372 e. The van der Waals surface area contributed by atoms with E-state index in [-0.39, 0.29) is 17.9 Å². The summed E-state index contributed by atoms with van der Waals surface area (Å²) in [4.78, 5) is 11.7. The number of rotatable bonds is 5. The Balaban J connectivity index is 2.47. The SMILES string of the molecule is CC(C)C(=O)N[C@@H]([NH2+]C[C@@H]1CCCO1)C(Cl)(Cl)Cl. The Bertz CT molecular complexity index is 276. The molecule has 1 aliphatic heterocycles. The van der Waals surface area contributed by atoms with Crippen LogP contribution in [0, 0.1) is 5.92 Å². The highest BCUT2D eigenvalue weighted by Crippen LogP contribution is 2.27. The van der Waals surface area contributed by atoms with Crippen LogP contribution in [0.15, 0.2) is 0 Å². The maximum atomic E-state index is 11.7. The summed E-state index contributed by atoms with van der Waals surface area (Å²) < 4.78 is 3.96. The molecule has 0 bridgehead atoms. The van der Waals surface area contributed by atoms with Gasteiger partial charge in [0, 0.05) is 12.5 Å². The Kier molecular flexibility index (Phi) is 6.48. The molecule has 106 valence electrons. The minimum atomic E-state index is -1.54. The molecule has 0 aromatic heterocycles. The number of nitrogens with two attached hydrogens (primary N) is 1. The second kappa shape index (κ2) is 7.15. The average Bonchev–Trinajstić information content (AvgIpc) is 2.74. The van der Waals surface area contributed by atoms with Gasteiger partial charge in [-0.1, -0.05) is 48.7 Å². The smallest absolute Gasteiger partial charge is 0.262 e. The lowest BCUT2D eigenvalue weighted by Gasteiger charge is -2.25. The number of amides is 1. The number of quaternary nitrogens is 1. The predicted molar refractivity (Wildman–Crippen MR) is 72.8 cm³/mol. The predicted octanol–water partition coefficient (Wildman–Crippen LogP) is 1.20. The molecule has 3 N–H and O–H groups in total. The number of hydrogen-bond acceptors (Lipinski definition) is 2. The van der Waals surface area contributed by atoms with Crippen molar-refractivity contribution in [2.45, 2.75) is 42.8 Å². The molecule has 1 amide bonds. The Labute approximate surface area is 123 Å². The Morgan fingerprint density at radius 3 is 2.61 bits per heavy atom. The molecule has 0 aromatic rings. The van der Waals surface area contributed by atoms with Gasteiger partial charge in [0.25, 0.3) is 3.79 Å². The molecular formula is C11H20Cl3N2O2+. The van der Waals surface area contributed by atoms with Gasteiger partial charge < -0.3 is 15.4 Å². The summed E-state index contributed by atoms with van der Waals surface area (Å²) >= 11 is 17.6. The van der Waals surface area contributed by atoms with Gasteiger partial charge in [-0.25, -0.2) is 0 Å². The molecule has 0 aliphatic carbocycles. The van der Waals surface area contributed by atoms with Crippen LogP contribution in [0.5, 0.6) is 0 Å². The third-order valence-corrected chi connectivity index (χ3v) is 3.54. The van der Waals surface area contributed by atoms with Crippen LogP contribution < -0.4 is 10.6 Å². The number of carbonyl (C=O) groups excluding carboxylic acids is 1. The topological polar surface area (TPSA) is 54.9 Å². The van der Waals surface area contributed by atoms with Gasteiger partial charge in [0.15, 0.2) is 0 Å². The van der Waals surface area contributed by atoms with E-state index in [1.807, 2.05) is 5.32 Å². The first-order valence-corrected chi connectivity index (χ1v) is 7.26. The van der Waals surface area contributed by atoms with E-state index in [0.717, 1.165) is 19.4 Å². The van der Waals surface area contributed by atoms with Crippen molar-refractivity contribution in [1.82, 2.24) is 5.32 Å². The van der Waals surface area contributed by atoms with Crippen LogP contribution in [-0.2, 0) is 9.53 Å². The number of hydrogen-bond donors (Lipinski definition) is 2. The van der Waals surface area contributed by atoms with Crippen LogP contribution >= 0.6 is 34.8 Å². The van der Waals surface area contributed by atoms with Crippen LogP contribution in [0.3, 0.4) is 0 Å². The summed E-state index contributed by atoms with van der Waals surface area (Å²) in [5.41, 5.74) is 0. The molecule has 18 heavy (non-hydrogen) atoms. The minimum absolute atomic E-state index is 0.130. The van der Waals surface area contributed by atoms with E-state index in [2.05, 4.69) is 5.32 Å². The molecule has 0 saturated carbocycles. The summed E-state index contributed by atoms with van der Waals surface area (Å²) in [6.07, 6.45) is 1.66. The average molecular weight is 319 g/mol. The standard InChI is InChI=1S/C11H19Cl3N2O2/c1-7(2)9(17)16-10(11(12,13)14)15-6-8-4-3-5-18-8/h7-8,10,15H,3-6H2,1-2H3,(H,16,17)/p+1/t8-,10+/m0/s1. The quantitative estimate of drug-likeness (QED) is 0.591. The molecule has 2 atom stereocenters. The van der Waals surface area contributed by atoms with Crippen molar-refractivity contribution in [1.29, 1.82) is 0 Å². The summed E-state index contributed by atoms with van der Waals surface area (Å²) in [6.45, 7) is 5.06. The molecule has 0 unspecified atom stereocenters. The van der Waals surface area contributed by atoms with E-state index in [1.54, 1.807) is 13.8 Å². The molecule has 0 radical (unpaired) electrons. The van der Waals surface area contributed by atoms with E-state index in [1.165, 1.54) is 0 Å². The fourth-order valence-electron chi connectivity index (χ4n) is 1.71. The number of alkyl halides is 3. The molecular weight excluding hydrogens is 298 g/mol. The third kappa shape index (κ3) is 5.49. The van der Waals surface area contributed by atoms with Crippen molar-refractivity contribution < 1.29 is 14.8 Å². The second-order valence-electron chi connectivity index (χ2n) is 4.79.